The van der Waals surface area contributed by atoms with Crippen LogP contribution in [-0.2, 0) is 4.79 Å². The van der Waals surface area contributed by atoms with Crippen LogP contribution in [-0.4, -0.2) is 32.5 Å². The fourth-order valence-electron chi connectivity index (χ4n) is 1.12. The van der Waals surface area contributed by atoms with Crippen molar-refractivity contribution in [2.45, 2.75) is 32.7 Å². The maximum absolute atomic E-state index is 11.8. The number of carbonyl (C=O) groups excluding carboxylic acids is 1. The summed E-state index contributed by atoms with van der Waals surface area (Å²) in [5, 5.41) is 11.5. The van der Waals surface area contributed by atoms with Gasteiger partial charge in [0.15, 0.2) is 0 Å². The van der Waals surface area contributed by atoms with Crippen molar-refractivity contribution >= 4 is 11.9 Å². The van der Waals surface area contributed by atoms with Gasteiger partial charge in [0.05, 0.1) is 11.9 Å². The van der Waals surface area contributed by atoms with Crippen molar-refractivity contribution in [2.75, 3.05) is 0 Å². The molecule has 0 fully saturated rings. The van der Waals surface area contributed by atoms with Crippen LogP contribution in [0, 0.1) is 6.92 Å². The number of hydrogen-bond acceptors (Lipinski definition) is 4. The van der Waals surface area contributed by atoms with E-state index in [9.17, 15) is 9.59 Å². The number of nitrogens with zero attached hydrogens (tertiary/aromatic N) is 2. The number of carboxylic acids is 1. The Hall–Kier alpha value is -1.98. The van der Waals surface area contributed by atoms with E-state index in [1.165, 1.54) is 19.3 Å². The molecule has 92 valence electrons. The number of nitrogens with one attached hydrogen (secondary N) is 1. The predicted octanol–water partition coefficient (Wildman–Crippen LogP) is 0.768. The zero-order valence-electron chi connectivity index (χ0n) is 10.0. The summed E-state index contributed by atoms with van der Waals surface area (Å²) in [6.45, 7) is 4.90. The summed E-state index contributed by atoms with van der Waals surface area (Å²) < 4.78 is 0. The van der Waals surface area contributed by atoms with E-state index >= 15 is 0 Å². The van der Waals surface area contributed by atoms with E-state index in [-0.39, 0.29) is 12.1 Å². The molecule has 6 heteroatoms. The summed E-state index contributed by atoms with van der Waals surface area (Å²) in [6, 6.07) is 0. The molecular weight excluding hydrogens is 222 g/mol. The maximum atomic E-state index is 11.8. The van der Waals surface area contributed by atoms with Crippen LogP contribution < -0.4 is 5.32 Å². The second-order valence-corrected chi connectivity index (χ2v) is 3.99. The van der Waals surface area contributed by atoms with Gasteiger partial charge in [-0.2, -0.15) is 0 Å². The molecule has 0 radical (unpaired) electrons. The molecule has 0 aliphatic carbocycles. The normalized spacial score (nSPS) is 13.8. The van der Waals surface area contributed by atoms with E-state index in [1.807, 2.05) is 0 Å². The van der Waals surface area contributed by atoms with Crippen molar-refractivity contribution in [2.24, 2.45) is 0 Å². The first-order chi connectivity index (χ1) is 7.89. The lowest BCUT2D eigenvalue weighted by atomic mass is 9.99. The van der Waals surface area contributed by atoms with Gasteiger partial charge in [-0.1, -0.05) is 6.92 Å². The SMILES string of the molecule is CCC(C)(NC(=O)c1cnc(C)cn1)C(=O)O. The molecule has 2 N–H and O–H groups in total. The molecule has 0 aliphatic heterocycles. The molecule has 1 amide bonds. The third-order valence-electron chi connectivity index (χ3n) is 2.58. The summed E-state index contributed by atoms with van der Waals surface area (Å²) in [5.41, 5.74) is -0.488. The third-order valence-corrected chi connectivity index (χ3v) is 2.58. The van der Waals surface area contributed by atoms with Crippen molar-refractivity contribution in [3.63, 3.8) is 0 Å². The highest BCUT2D eigenvalue weighted by molar-refractivity contribution is 5.95. The van der Waals surface area contributed by atoms with Gasteiger partial charge in [-0.25, -0.2) is 9.78 Å². The highest BCUT2D eigenvalue weighted by Crippen LogP contribution is 2.10. The molecule has 1 aromatic heterocycles. The summed E-state index contributed by atoms with van der Waals surface area (Å²) in [4.78, 5) is 30.6. The molecule has 0 bridgehead atoms. The van der Waals surface area contributed by atoms with Crippen LogP contribution in [0.25, 0.3) is 0 Å². The quantitative estimate of drug-likeness (QED) is 0.806. The Morgan fingerprint density at radius 1 is 1.41 bits per heavy atom. The van der Waals surface area contributed by atoms with Gasteiger partial charge < -0.3 is 10.4 Å². The number of rotatable bonds is 4. The van der Waals surface area contributed by atoms with Gasteiger partial charge in [-0.05, 0) is 20.3 Å². The molecule has 0 saturated carbocycles. The molecule has 17 heavy (non-hydrogen) atoms. The van der Waals surface area contributed by atoms with Crippen molar-refractivity contribution in [3.05, 3.63) is 23.8 Å². The number of carbonyl (C=O) groups is 2. The largest absolute Gasteiger partial charge is 0.480 e. The lowest BCUT2D eigenvalue weighted by Crippen LogP contribution is -2.51. The first kappa shape index (κ1) is 13.1. The number of amides is 1. The minimum Gasteiger partial charge on any atom is -0.480 e. The maximum Gasteiger partial charge on any atom is 0.329 e. The zero-order valence-corrected chi connectivity index (χ0v) is 10.0. The summed E-state index contributed by atoms with van der Waals surface area (Å²) >= 11 is 0. The smallest absolute Gasteiger partial charge is 0.329 e. The number of aromatic nitrogens is 2. The van der Waals surface area contributed by atoms with E-state index in [0.29, 0.717) is 5.69 Å². The van der Waals surface area contributed by atoms with Gasteiger partial charge in [-0.15, -0.1) is 0 Å². The molecule has 1 atom stereocenters. The van der Waals surface area contributed by atoms with Crippen LogP contribution in [0.2, 0.25) is 0 Å². The van der Waals surface area contributed by atoms with E-state index in [1.54, 1.807) is 13.8 Å². The molecule has 0 aromatic carbocycles. The summed E-state index contributed by atoms with van der Waals surface area (Å²) in [5.74, 6) is -1.61. The van der Waals surface area contributed by atoms with Gasteiger partial charge in [0.25, 0.3) is 5.91 Å². The van der Waals surface area contributed by atoms with Crippen LogP contribution in [0.4, 0.5) is 0 Å². The fraction of sp³-hybridized carbons (Fsp3) is 0.455. The van der Waals surface area contributed by atoms with E-state index < -0.39 is 17.4 Å². The predicted molar refractivity (Wildman–Crippen MR) is 60.6 cm³/mol. The second-order valence-electron chi connectivity index (χ2n) is 3.99. The number of aliphatic carboxylic acids is 1. The molecule has 1 rings (SSSR count). The van der Waals surface area contributed by atoms with Crippen molar-refractivity contribution in [3.8, 4) is 0 Å². The first-order valence-electron chi connectivity index (χ1n) is 5.23. The van der Waals surface area contributed by atoms with Gasteiger partial charge in [0.1, 0.15) is 11.2 Å². The van der Waals surface area contributed by atoms with E-state index in [0.717, 1.165) is 0 Å². The minimum atomic E-state index is -1.29. The lowest BCUT2D eigenvalue weighted by Gasteiger charge is -2.24. The first-order valence-corrected chi connectivity index (χ1v) is 5.23. The molecular formula is C11H15N3O3. The van der Waals surface area contributed by atoms with E-state index in [2.05, 4.69) is 15.3 Å². The van der Waals surface area contributed by atoms with Crippen LogP contribution in [0.1, 0.15) is 36.5 Å². The van der Waals surface area contributed by atoms with Gasteiger partial charge >= 0.3 is 5.97 Å². The average Bonchev–Trinajstić information content (AvgIpc) is 2.29. The van der Waals surface area contributed by atoms with Crippen molar-refractivity contribution in [1.29, 1.82) is 0 Å². The summed E-state index contributed by atoms with van der Waals surface area (Å²) in [6.07, 6.45) is 3.06. The van der Waals surface area contributed by atoms with E-state index in [4.69, 9.17) is 5.11 Å². The molecule has 0 spiro atoms. The second kappa shape index (κ2) is 4.90. The van der Waals surface area contributed by atoms with Crippen LogP contribution >= 0.6 is 0 Å². The molecule has 1 heterocycles. The Balaban J connectivity index is 2.85. The Labute approximate surface area is 99.1 Å². The van der Waals surface area contributed by atoms with Crippen LogP contribution in [0.15, 0.2) is 12.4 Å². The topological polar surface area (TPSA) is 92.2 Å². The van der Waals surface area contributed by atoms with Gasteiger partial charge in [-0.3, -0.25) is 9.78 Å². The number of aryl methyl sites for hydroxylation is 1. The minimum absolute atomic E-state index is 0.108. The molecule has 1 unspecified atom stereocenters. The molecule has 0 saturated heterocycles. The van der Waals surface area contributed by atoms with Crippen LogP contribution in [0.5, 0.6) is 0 Å². The monoisotopic (exact) mass is 237 g/mol. The highest BCUT2D eigenvalue weighted by Gasteiger charge is 2.33. The highest BCUT2D eigenvalue weighted by atomic mass is 16.4. The standard InChI is InChI=1S/C11H15N3O3/c1-4-11(3,10(16)17)14-9(15)8-6-12-7(2)5-13-8/h5-6H,4H2,1-3H3,(H,14,15)(H,16,17). The molecule has 6 nitrogen and oxygen atoms in total. The Bertz CT molecular complexity index is 430. The molecule has 0 aliphatic rings. The Morgan fingerprint density at radius 2 is 2.06 bits per heavy atom. The Kier molecular flexibility index (Phi) is 3.77. The Morgan fingerprint density at radius 3 is 2.47 bits per heavy atom. The number of carboxylic acid groups (broad SMARTS) is 1. The van der Waals surface area contributed by atoms with Crippen molar-refractivity contribution in [1.82, 2.24) is 15.3 Å². The number of hydrogen-bond donors (Lipinski definition) is 2. The van der Waals surface area contributed by atoms with Gasteiger partial charge in [0.2, 0.25) is 0 Å². The van der Waals surface area contributed by atoms with Crippen molar-refractivity contribution < 1.29 is 14.7 Å². The average molecular weight is 237 g/mol. The molecule has 1 aromatic rings. The van der Waals surface area contributed by atoms with Crippen LogP contribution in [0.3, 0.4) is 0 Å². The van der Waals surface area contributed by atoms with Gasteiger partial charge in [0, 0.05) is 6.20 Å². The zero-order chi connectivity index (χ0) is 13.1. The fourth-order valence-corrected chi connectivity index (χ4v) is 1.12. The third kappa shape index (κ3) is 2.99. The summed E-state index contributed by atoms with van der Waals surface area (Å²) in [7, 11) is 0. The lowest BCUT2D eigenvalue weighted by molar-refractivity contribution is -0.143.